The molecule has 1 aliphatic rings. The standard InChI is InChI=1S/C13H26FN/c1-9(2)13(14,8-15)12-6-10(3)5-11(4)7-12/h9-12H,5-8,15H2,1-4H3. The monoisotopic (exact) mass is 215 g/mol. The topological polar surface area (TPSA) is 26.0 Å². The first-order valence-electron chi connectivity index (χ1n) is 6.29. The van der Waals surface area contributed by atoms with E-state index >= 15 is 0 Å². The van der Waals surface area contributed by atoms with Crippen molar-refractivity contribution in [3.05, 3.63) is 0 Å². The van der Waals surface area contributed by atoms with Crippen LogP contribution in [0.5, 0.6) is 0 Å². The van der Waals surface area contributed by atoms with Gasteiger partial charge in [0.25, 0.3) is 0 Å². The predicted octanol–water partition coefficient (Wildman–Crippen LogP) is 3.38. The summed E-state index contributed by atoms with van der Waals surface area (Å²) in [6.07, 6.45) is 3.27. The molecule has 3 unspecified atom stereocenters. The molecule has 2 heteroatoms. The molecule has 0 saturated heterocycles. The Morgan fingerprint density at radius 3 is 2.00 bits per heavy atom. The van der Waals surface area contributed by atoms with Gasteiger partial charge < -0.3 is 5.73 Å². The van der Waals surface area contributed by atoms with E-state index in [1.54, 1.807) is 0 Å². The van der Waals surface area contributed by atoms with Crippen molar-refractivity contribution in [3.63, 3.8) is 0 Å². The summed E-state index contributed by atoms with van der Waals surface area (Å²) in [7, 11) is 0. The smallest absolute Gasteiger partial charge is 0.128 e. The van der Waals surface area contributed by atoms with Crippen molar-refractivity contribution < 1.29 is 4.39 Å². The summed E-state index contributed by atoms with van der Waals surface area (Å²) >= 11 is 0. The molecule has 0 aromatic carbocycles. The van der Waals surface area contributed by atoms with Crippen LogP contribution in [0.15, 0.2) is 0 Å². The number of nitrogens with two attached hydrogens (primary N) is 1. The first-order valence-corrected chi connectivity index (χ1v) is 6.29. The summed E-state index contributed by atoms with van der Waals surface area (Å²) < 4.78 is 14.8. The van der Waals surface area contributed by atoms with Gasteiger partial charge in [0.05, 0.1) is 0 Å². The van der Waals surface area contributed by atoms with Crippen molar-refractivity contribution in [2.24, 2.45) is 29.4 Å². The van der Waals surface area contributed by atoms with Crippen LogP contribution in [0, 0.1) is 23.7 Å². The number of alkyl halides is 1. The van der Waals surface area contributed by atoms with Gasteiger partial charge in [-0.05, 0) is 42.9 Å². The lowest BCUT2D eigenvalue weighted by molar-refractivity contribution is -0.00250. The molecular weight excluding hydrogens is 189 g/mol. The summed E-state index contributed by atoms with van der Waals surface area (Å²) in [4.78, 5) is 0. The van der Waals surface area contributed by atoms with Crippen molar-refractivity contribution in [2.75, 3.05) is 6.54 Å². The molecule has 1 saturated carbocycles. The third-order valence-corrected chi connectivity index (χ3v) is 4.13. The highest BCUT2D eigenvalue weighted by atomic mass is 19.1. The van der Waals surface area contributed by atoms with Crippen molar-refractivity contribution in [3.8, 4) is 0 Å². The zero-order chi connectivity index (χ0) is 11.6. The van der Waals surface area contributed by atoms with E-state index in [9.17, 15) is 4.39 Å². The summed E-state index contributed by atoms with van der Waals surface area (Å²) in [6.45, 7) is 8.56. The molecule has 1 nitrogen and oxygen atoms in total. The van der Waals surface area contributed by atoms with Crippen LogP contribution in [-0.2, 0) is 0 Å². The van der Waals surface area contributed by atoms with E-state index in [2.05, 4.69) is 13.8 Å². The average molecular weight is 215 g/mol. The van der Waals surface area contributed by atoms with Gasteiger partial charge in [-0.2, -0.15) is 0 Å². The SMILES string of the molecule is CC1CC(C)CC(C(F)(CN)C(C)C)C1. The van der Waals surface area contributed by atoms with Crippen LogP contribution in [0.1, 0.15) is 47.0 Å². The molecule has 0 aromatic heterocycles. The van der Waals surface area contributed by atoms with Gasteiger partial charge in [-0.1, -0.05) is 27.7 Å². The highest BCUT2D eigenvalue weighted by Crippen LogP contribution is 2.43. The Bertz CT molecular complexity index is 195. The summed E-state index contributed by atoms with van der Waals surface area (Å²) in [5.74, 6) is 1.50. The second kappa shape index (κ2) is 4.82. The van der Waals surface area contributed by atoms with E-state index in [1.807, 2.05) is 13.8 Å². The van der Waals surface area contributed by atoms with E-state index < -0.39 is 5.67 Å². The van der Waals surface area contributed by atoms with Crippen LogP contribution in [0.2, 0.25) is 0 Å². The van der Waals surface area contributed by atoms with Gasteiger partial charge in [0.1, 0.15) is 5.67 Å². The van der Waals surface area contributed by atoms with Crippen LogP contribution in [0.3, 0.4) is 0 Å². The third-order valence-electron chi connectivity index (χ3n) is 4.13. The lowest BCUT2D eigenvalue weighted by Crippen LogP contribution is -2.47. The van der Waals surface area contributed by atoms with Crippen LogP contribution in [0.25, 0.3) is 0 Å². The van der Waals surface area contributed by atoms with Crippen molar-refractivity contribution >= 4 is 0 Å². The second-order valence-corrected chi connectivity index (χ2v) is 5.90. The van der Waals surface area contributed by atoms with Crippen LogP contribution >= 0.6 is 0 Å². The predicted molar refractivity (Wildman–Crippen MR) is 63.4 cm³/mol. The second-order valence-electron chi connectivity index (χ2n) is 5.90. The molecule has 15 heavy (non-hydrogen) atoms. The molecule has 0 heterocycles. The molecule has 1 aliphatic carbocycles. The van der Waals surface area contributed by atoms with E-state index in [0.717, 1.165) is 12.8 Å². The molecular formula is C13H26FN. The van der Waals surface area contributed by atoms with E-state index in [-0.39, 0.29) is 18.4 Å². The maximum Gasteiger partial charge on any atom is 0.128 e. The molecule has 90 valence electrons. The van der Waals surface area contributed by atoms with Gasteiger partial charge in [0.15, 0.2) is 0 Å². The van der Waals surface area contributed by atoms with Gasteiger partial charge >= 0.3 is 0 Å². The molecule has 1 fully saturated rings. The lowest BCUT2D eigenvalue weighted by atomic mass is 9.67. The number of rotatable bonds is 3. The minimum Gasteiger partial charge on any atom is -0.328 e. The first-order chi connectivity index (χ1) is 6.90. The molecule has 0 bridgehead atoms. The molecule has 0 aliphatic heterocycles. The van der Waals surface area contributed by atoms with E-state index in [4.69, 9.17) is 5.73 Å². The number of halogens is 1. The highest BCUT2D eigenvalue weighted by molar-refractivity contribution is 4.94. The number of hydrogen-bond donors (Lipinski definition) is 1. The molecule has 0 radical (unpaired) electrons. The van der Waals surface area contributed by atoms with Gasteiger partial charge in [-0.15, -0.1) is 0 Å². The Balaban J connectivity index is 2.75. The van der Waals surface area contributed by atoms with Crippen molar-refractivity contribution in [2.45, 2.75) is 52.6 Å². The Morgan fingerprint density at radius 1 is 1.20 bits per heavy atom. The molecule has 2 N–H and O–H groups in total. The summed E-state index contributed by atoms with van der Waals surface area (Å²) in [5.41, 5.74) is 4.50. The minimum atomic E-state index is -1.15. The largest absolute Gasteiger partial charge is 0.328 e. The van der Waals surface area contributed by atoms with Crippen LogP contribution in [-0.4, -0.2) is 12.2 Å². The fourth-order valence-electron chi connectivity index (χ4n) is 3.21. The van der Waals surface area contributed by atoms with Crippen molar-refractivity contribution in [1.82, 2.24) is 0 Å². The van der Waals surface area contributed by atoms with Crippen LogP contribution in [0.4, 0.5) is 4.39 Å². The Hall–Kier alpha value is -0.110. The van der Waals surface area contributed by atoms with Gasteiger partial charge in [0.2, 0.25) is 0 Å². The fraction of sp³-hybridized carbons (Fsp3) is 1.00. The highest BCUT2D eigenvalue weighted by Gasteiger charge is 2.43. The Kier molecular flexibility index (Phi) is 4.16. The van der Waals surface area contributed by atoms with Gasteiger partial charge in [-0.3, -0.25) is 0 Å². The molecule has 3 atom stereocenters. The summed E-state index contributed by atoms with van der Waals surface area (Å²) in [5, 5.41) is 0. The van der Waals surface area contributed by atoms with Gasteiger partial charge in [-0.25, -0.2) is 4.39 Å². The lowest BCUT2D eigenvalue weighted by Gasteiger charge is -2.42. The first kappa shape index (κ1) is 13.0. The number of hydrogen-bond acceptors (Lipinski definition) is 1. The Labute approximate surface area is 93.6 Å². The quantitative estimate of drug-likeness (QED) is 0.767. The molecule has 0 spiro atoms. The van der Waals surface area contributed by atoms with Gasteiger partial charge in [0, 0.05) is 6.54 Å². The molecule has 0 amide bonds. The van der Waals surface area contributed by atoms with E-state index in [0.29, 0.717) is 11.8 Å². The normalized spacial score (nSPS) is 36.6. The molecule has 1 rings (SSSR count). The maximum absolute atomic E-state index is 14.8. The minimum absolute atomic E-state index is 0.0324. The zero-order valence-corrected chi connectivity index (χ0v) is 10.6. The Morgan fingerprint density at radius 2 is 1.67 bits per heavy atom. The third kappa shape index (κ3) is 2.72. The fourth-order valence-corrected chi connectivity index (χ4v) is 3.21. The maximum atomic E-state index is 14.8. The average Bonchev–Trinajstić information content (AvgIpc) is 2.14. The summed E-state index contributed by atoms with van der Waals surface area (Å²) in [6, 6.07) is 0. The molecule has 0 aromatic rings. The zero-order valence-electron chi connectivity index (χ0n) is 10.6. The van der Waals surface area contributed by atoms with E-state index in [1.165, 1.54) is 6.42 Å². The van der Waals surface area contributed by atoms with Crippen LogP contribution < -0.4 is 5.73 Å². The van der Waals surface area contributed by atoms with Crippen molar-refractivity contribution in [1.29, 1.82) is 0 Å².